The molecule has 0 fully saturated rings. The molecule has 2 aliphatic rings. The molecule has 2 amide bonds. The quantitative estimate of drug-likeness (QED) is 0.261. The van der Waals surface area contributed by atoms with E-state index in [0.717, 1.165) is 27.3 Å². The van der Waals surface area contributed by atoms with Crippen LogP contribution >= 0.6 is 11.8 Å². The summed E-state index contributed by atoms with van der Waals surface area (Å²) in [6, 6.07) is 26.5. The van der Waals surface area contributed by atoms with Gasteiger partial charge in [0.05, 0.1) is 23.2 Å². The van der Waals surface area contributed by atoms with Crippen molar-refractivity contribution in [2.45, 2.75) is 24.4 Å². The molecule has 0 radical (unpaired) electrons. The van der Waals surface area contributed by atoms with Gasteiger partial charge in [0.25, 0.3) is 11.8 Å². The van der Waals surface area contributed by atoms with Crippen LogP contribution in [0.3, 0.4) is 0 Å². The number of fused-ring (bicyclic) bond motifs is 2. The molecule has 4 aromatic rings. The topological polar surface area (TPSA) is 67.9 Å². The SMILES string of the molecule is C[C@H](NC(=O)c1ccc(/C=C2\Sc3ccccc3N(Cc3ccc(F)cc3)C2=O)cc1)c1ccc2c(c1)OCCO2. The summed E-state index contributed by atoms with van der Waals surface area (Å²) in [4.78, 5) is 29.8. The van der Waals surface area contributed by atoms with E-state index in [2.05, 4.69) is 5.32 Å². The van der Waals surface area contributed by atoms with Gasteiger partial charge in [-0.25, -0.2) is 4.39 Å². The van der Waals surface area contributed by atoms with Crippen LogP contribution in [0, 0.1) is 5.82 Å². The fraction of sp³-hybridized carbons (Fsp3) is 0.152. The largest absolute Gasteiger partial charge is 0.486 e. The number of anilines is 1. The third-order valence-electron chi connectivity index (χ3n) is 6.97. The zero-order valence-corrected chi connectivity index (χ0v) is 23.1. The number of thioether (sulfide) groups is 1. The Hall–Kier alpha value is -4.56. The van der Waals surface area contributed by atoms with Gasteiger partial charge in [-0.1, -0.05) is 54.2 Å². The Labute approximate surface area is 241 Å². The molecule has 8 heteroatoms. The molecule has 206 valence electrons. The van der Waals surface area contributed by atoms with E-state index in [-0.39, 0.29) is 23.7 Å². The predicted octanol–water partition coefficient (Wildman–Crippen LogP) is 6.77. The van der Waals surface area contributed by atoms with Crippen molar-refractivity contribution in [2.75, 3.05) is 18.1 Å². The van der Waals surface area contributed by atoms with Gasteiger partial charge in [-0.15, -0.1) is 0 Å². The number of ether oxygens (including phenoxy) is 2. The summed E-state index contributed by atoms with van der Waals surface area (Å²) in [5.74, 6) is 0.744. The first-order chi connectivity index (χ1) is 19.9. The first kappa shape index (κ1) is 26.7. The fourth-order valence-electron chi connectivity index (χ4n) is 4.77. The van der Waals surface area contributed by atoms with Gasteiger partial charge in [-0.3, -0.25) is 9.59 Å². The molecule has 0 unspecified atom stereocenters. The number of para-hydroxylation sites is 1. The van der Waals surface area contributed by atoms with E-state index in [4.69, 9.17) is 9.47 Å². The molecule has 0 saturated heterocycles. The Morgan fingerprint density at radius 3 is 2.49 bits per heavy atom. The number of rotatable bonds is 6. The lowest BCUT2D eigenvalue weighted by molar-refractivity contribution is -0.114. The summed E-state index contributed by atoms with van der Waals surface area (Å²) in [6.07, 6.45) is 1.83. The van der Waals surface area contributed by atoms with Crippen molar-refractivity contribution in [3.63, 3.8) is 0 Å². The molecular formula is C33H27FN2O4S. The third kappa shape index (κ3) is 5.83. The van der Waals surface area contributed by atoms with Crippen LogP contribution in [-0.4, -0.2) is 25.0 Å². The van der Waals surface area contributed by atoms with E-state index < -0.39 is 0 Å². The van der Waals surface area contributed by atoms with Crippen LogP contribution in [0.4, 0.5) is 10.1 Å². The summed E-state index contributed by atoms with van der Waals surface area (Å²) < 4.78 is 24.7. The van der Waals surface area contributed by atoms with Crippen LogP contribution < -0.4 is 19.7 Å². The molecular weight excluding hydrogens is 539 g/mol. The minimum atomic E-state index is -0.315. The van der Waals surface area contributed by atoms with E-state index >= 15 is 0 Å². The molecule has 0 aliphatic carbocycles. The number of nitrogens with one attached hydrogen (secondary N) is 1. The Balaban J connectivity index is 1.17. The summed E-state index contributed by atoms with van der Waals surface area (Å²) in [5.41, 5.74) is 3.90. The summed E-state index contributed by atoms with van der Waals surface area (Å²) in [7, 11) is 0. The number of carbonyl (C=O) groups is 2. The van der Waals surface area contributed by atoms with Crippen LogP contribution in [0.25, 0.3) is 6.08 Å². The van der Waals surface area contributed by atoms with E-state index in [1.54, 1.807) is 29.2 Å². The van der Waals surface area contributed by atoms with Crippen molar-refractivity contribution in [3.8, 4) is 11.5 Å². The van der Waals surface area contributed by atoms with Crippen molar-refractivity contribution in [1.29, 1.82) is 0 Å². The Morgan fingerprint density at radius 1 is 0.976 bits per heavy atom. The molecule has 1 N–H and O–H groups in total. The normalized spacial score (nSPS) is 15.8. The zero-order valence-electron chi connectivity index (χ0n) is 22.3. The first-order valence-corrected chi connectivity index (χ1v) is 14.1. The van der Waals surface area contributed by atoms with Gasteiger partial charge < -0.3 is 19.7 Å². The highest BCUT2D eigenvalue weighted by Gasteiger charge is 2.29. The fourth-order valence-corrected chi connectivity index (χ4v) is 5.83. The smallest absolute Gasteiger partial charge is 0.265 e. The Bertz CT molecular complexity index is 1640. The molecule has 1 atom stereocenters. The number of hydrogen-bond acceptors (Lipinski definition) is 5. The highest BCUT2D eigenvalue weighted by Crippen LogP contribution is 2.42. The molecule has 2 heterocycles. The predicted molar refractivity (Wildman–Crippen MR) is 158 cm³/mol. The van der Waals surface area contributed by atoms with Gasteiger partial charge in [-0.05, 0) is 78.2 Å². The van der Waals surface area contributed by atoms with Gasteiger partial charge in [-0.2, -0.15) is 0 Å². The number of hydrogen-bond donors (Lipinski definition) is 1. The minimum Gasteiger partial charge on any atom is -0.486 e. The standard InChI is InChI=1S/C33H27FN2O4S/c1-21(25-12-15-28-29(19-25)40-17-16-39-28)35-32(37)24-10-6-22(7-11-24)18-31-33(38)36(20-23-8-13-26(34)14-9-23)27-4-2-3-5-30(27)41-31/h2-15,18-19,21H,16-17,20H2,1H3,(H,35,37)/b31-18-/t21-/m0/s1. The molecule has 6 rings (SSSR count). The number of benzene rings is 4. The summed E-state index contributed by atoms with van der Waals surface area (Å²) in [5, 5.41) is 3.03. The molecule has 4 aromatic carbocycles. The van der Waals surface area contributed by atoms with E-state index in [1.165, 1.54) is 23.9 Å². The molecule has 41 heavy (non-hydrogen) atoms. The van der Waals surface area contributed by atoms with Crippen molar-refractivity contribution in [3.05, 3.63) is 124 Å². The van der Waals surface area contributed by atoms with E-state index in [9.17, 15) is 14.0 Å². The lowest BCUT2D eigenvalue weighted by Gasteiger charge is -2.30. The number of halogens is 1. The molecule has 0 spiro atoms. The third-order valence-corrected chi connectivity index (χ3v) is 8.05. The first-order valence-electron chi connectivity index (χ1n) is 13.3. The highest BCUT2D eigenvalue weighted by atomic mass is 32.2. The molecule has 0 saturated carbocycles. The van der Waals surface area contributed by atoms with Crippen molar-refractivity contribution < 1.29 is 23.5 Å². The lowest BCUT2D eigenvalue weighted by atomic mass is 10.1. The van der Waals surface area contributed by atoms with Crippen LogP contribution in [0.15, 0.2) is 101 Å². The highest BCUT2D eigenvalue weighted by molar-refractivity contribution is 8.04. The maximum atomic E-state index is 13.6. The van der Waals surface area contributed by atoms with Crippen molar-refractivity contribution >= 4 is 35.3 Å². The van der Waals surface area contributed by atoms with Gasteiger partial charge >= 0.3 is 0 Å². The van der Waals surface area contributed by atoms with Crippen LogP contribution in [0.2, 0.25) is 0 Å². The van der Waals surface area contributed by atoms with E-state index in [1.807, 2.05) is 67.6 Å². The van der Waals surface area contributed by atoms with Gasteiger partial charge in [0.1, 0.15) is 19.0 Å². The number of amides is 2. The molecule has 2 aliphatic heterocycles. The monoisotopic (exact) mass is 566 g/mol. The van der Waals surface area contributed by atoms with Gasteiger partial charge in [0, 0.05) is 10.5 Å². The lowest BCUT2D eigenvalue weighted by Crippen LogP contribution is -2.33. The summed E-state index contributed by atoms with van der Waals surface area (Å²) >= 11 is 1.41. The number of nitrogens with zero attached hydrogens (tertiary/aromatic N) is 1. The minimum absolute atomic E-state index is 0.131. The average molecular weight is 567 g/mol. The van der Waals surface area contributed by atoms with Crippen molar-refractivity contribution in [2.24, 2.45) is 0 Å². The second-order valence-electron chi connectivity index (χ2n) is 9.82. The molecule has 0 aromatic heterocycles. The van der Waals surface area contributed by atoms with E-state index in [0.29, 0.717) is 41.7 Å². The Kier molecular flexibility index (Phi) is 7.48. The van der Waals surface area contributed by atoms with Crippen LogP contribution in [0.1, 0.15) is 40.0 Å². The van der Waals surface area contributed by atoms with Crippen LogP contribution in [-0.2, 0) is 11.3 Å². The van der Waals surface area contributed by atoms with Gasteiger partial charge in [0.15, 0.2) is 11.5 Å². The zero-order chi connectivity index (χ0) is 28.3. The van der Waals surface area contributed by atoms with Crippen molar-refractivity contribution in [1.82, 2.24) is 5.32 Å². The maximum Gasteiger partial charge on any atom is 0.265 e. The maximum absolute atomic E-state index is 13.6. The van der Waals surface area contributed by atoms with Gasteiger partial charge in [0.2, 0.25) is 0 Å². The molecule has 6 nitrogen and oxygen atoms in total. The second-order valence-corrected chi connectivity index (χ2v) is 10.9. The average Bonchev–Trinajstić information content (AvgIpc) is 3.00. The second kappa shape index (κ2) is 11.5. The molecule has 0 bridgehead atoms. The summed E-state index contributed by atoms with van der Waals surface area (Å²) in [6.45, 7) is 3.28. The van der Waals surface area contributed by atoms with Crippen LogP contribution in [0.5, 0.6) is 11.5 Å². The number of carbonyl (C=O) groups excluding carboxylic acids is 2. The Morgan fingerprint density at radius 2 is 1.71 bits per heavy atom.